The molecule has 0 unspecified atom stereocenters. The molecule has 0 fully saturated rings. The Kier molecular flexibility index (Phi) is 5.80. The lowest BCUT2D eigenvalue weighted by molar-refractivity contribution is 0.189. The van der Waals surface area contributed by atoms with Gasteiger partial charge in [-0.15, -0.1) is 0 Å². The van der Waals surface area contributed by atoms with Crippen LogP contribution in [0.1, 0.15) is 31.4 Å². The third-order valence-electron chi connectivity index (χ3n) is 2.24. The van der Waals surface area contributed by atoms with Crippen molar-refractivity contribution < 1.29 is 14.9 Å². The topological polar surface area (TPSA) is 49.7 Å². The third-order valence-corrected chi connectivity index (χ3v) is 2.73. The smallest absolute Gasteiger partial charge is 0.126 e. The number of rotatable bonds is 6. The molecule has 3 nitrogen and oxygen atoms in total. The van der Waals surface area contributed by atoms with Crippen LogP contribution in [-0.2, 0) is 0 Å². The summed E-state index contributed by atoms with van der Waals surface area (Å²) in [6, 6.07) is 5.57. The Balaban J connectivity index is 2.65. The maximum absolute atomic E-state index is 9.56. The lowest BCUT2D eigenvalue weighted by atomic mass is 10.1. The highest BCUT2D eigenvalue weighted by molar-refractivity contribution is 9.10. The zero-order valence-corrected chi connectivity index (χ0v) is 10.9. The van der Waals surface area contributed by atoms with E-state index in [1.807, 2.05) is 18.2 Å². The molecular formula is C12H17BrO3. The molecule has 1 aromatic carbocycles. The van der Waals surface area contributed by atoms with Crippen molar-refractivity contribution in [1.82, 2.24) is 0 Å². The number of hydrogen-bond donors (Lipinski definition) is 2. The van der Waals surface area contributed by atoms with Crippen molar-refractivity contribution in [2.75, 3.05) is 13.2 Å². The average molecular weight is 289 g/mol. The summed E-state index contributed by atoms with van der Waals surface area (Å²) in [5.41, 5.74) is 0.784. The molecule has 1 rings (SSSR count). The number of benzene rings is 1. The molecule has 0 heterocycles. The fourth-order valence-corrected chi connectivity index (χ4v) is 1.71. The summed E-state index contributed by atoms with van der Waals surface area (Å²) in [4.78, 5) is 0. The van der Waals surface area contributed by atoms with E-state index < -0.39 is 6.10 Å². The first-order valence-electron chi connectivity index (χ1n) is 5.36. The average Bonchev–Trinajstić information content (AvgIpc) is 2.24. The number of ether oxygens (including phenoxy) is 1. The van der Waals surface area contributed by atoms with Crippen LogP contribution in [-0.4, -0.2) is 23.4 Å². The summed E-state index contributed by atoms with van der Waals surface area (Å²) in [7, 11) is 0. The molecule has 0 radical (unpaired) electrons. The van der Waals surface area contributed by atoms with Crippen molar-refractivity contribution in [1.29, 1.82) is 0 Å². The Morgan fingerprint density at radius 2 is 2.12 bits per heavy atom. The van der Waals surface area contributed by atoms with Gasteiger partial charge in [0.1, 0.15) is 5.75 Å². The predicted octanol–water partition coefficient (Wildman–Crippen LogP) is 2.65. The summed E-state index contributed by atoms with van der Waals surface area (Å²) < 4.78 is 6.51. The minimum Gasteiger partial charge on any atom is -0.493 e. The molecule has 2 N–H and O–H groups in total. The van der Waals surface area contributed by atoms with E-state index in [0.29, 0.717) is 12.4 Å². The zero-order chi connectivity index (χ0) is 12.0. The van der Waals surface area contributed by atoms with E-state index in [-0.39, 0.29) is 6.61 Å². The van der Waals surface area contributed by atoms with Crippen LogP contribution in [0.2, 0.25) is 0 Å². The van der Waals surface area contributed by atoms with E-state index in [2.05, 4.69) is 15.9 Å². The largest absolute Gasteiger partial charge is 0.493 e. The SMILES string of the molecule is C[C@H](O)c1ccc(Br)cc1OCCCCO. The number of unbranched alkanes of at least 4 members (excludes halogenated alkanes) is 1. The van der Waals surface area contributed by atoms with Crippen LogP contribution in [0.5, 0.6) is 5.75 Å². The summed E-state index contributed by atoms with van der Waals surface area (Å²) in [5, 5.41) is 18.2. The fraction of sp³-hybridized carbons (Fsp3) is 0.500. The monoisotopic (exact) mass is 288 g/mol. The van der Waals surface area contributed by atoms with Crippen molar-refractivity contribution in [3.8, 4) is 5.75 Å². The molecule has 16 heavy (non-hydrogen) atoms. The van der Waals surface area contributed by atoms with E-state index in [0.717, 1.165) is 22.9 Å². The lowest BCUT2D eigenvalue weighted by Crippen LogP contribution is -2.03. The Morgan fingerprint density at radius 1 is 1.38 bits per heavy atom. The van der Waals surface area contributed by atoms with Crippen molar-refractivity contribution in [3.63, 3.8) is 0 Å². The predicted molar refractivity (Wildman–Crippen MR) is 66.6 cm³/mol. The van der Waals surface area contributed by atoms with Gasteiger partial charge in [-0.05, 0) is 31.9 Å². The zero-order valence-electron chi connectivity index (χ0n) is 9.32. The van der Waals surface area contributed by atoms with Gasteiger partial charge in [-0.1, -0.05) is 22.0 Å². The third kappa shape index (κ3) is 4.12. The first-order valence-corrected chi connectivity index (χ1v) is 6.15. The molecule has 0 aliphatic rings. The van der Waals surface area contributed by atoms with E-state index in [4.69, 9.17) is 9.84 Å². The van der Waals surface area contributed by atoms with Gasteiger partial charge < -0.3 is 14.9 Å². The first-order chi connectivity index (χ1) is 7.65. The van der Waals surface area contributed by atoms with Crippen molar-refractivity contribution in [2.24, 2.45) is 0 Å². The van der Waals surface area contributed by atoms with Crippen molar-refractivity contribution >= 4 is 15.9 Å². The highest BCUT2D eigenvalue weighted by Gasteiger charge is 2.09. The van der Waals surface area contributed by atoms with Gasteiger partial charge in [0.25, 0.3) is 0 Å². The van der Waals surface area contributed by atoms with Gasteiger partial charge >= 0.3 is 0 Å². The molecule has 0 saturated heterocycles. The van der Waals surface area contributed by atoms with E-state index in [1.54, 1.807) is 6.92 Å². The van der Waals surface area contributed by atoms with Crippen molar-refractivity contribution in [3.05, 3.63) is 28.2 Å². The first kappa shape index (κ1) is 13.5. The molecule has 0 aromatic heterocycles. The highest BCUT2D eigenvalue weighted by atomic mass is 79.9. The molecule has 0 aliphatic heterocycles. The number of halogens is 1. The summed E-state index contributed by atoms with van der Waals surface area (Å²) >= 11 is 3.37. The maximum atomic E-state index is 9.56. The van der Waals surface area contributed by atoms with Gasteiger partial charge in [-0.2, -0.15) is 0 Å². The highest BCUT2D eigenvalue weighted by Crippen LogP contribution is 2.28. The van der Waals surface area contributed by atoms with Crippen LogP contribution in [0.3, 0.4) is 0 Å². The van der Waals surface area contributed by atoms with E-state index >= 15 is 0 Å². The maximum Gasteiger partial charge on any atom is 0.126 e. The van der Waals surface area contributed by atoms with Gasteiger partial charge in [0, 0.05) is 16.6 Å². The standard InChI is InChI=1S/C12H17BrO3/c1-9(15)11-5-4-10(13)8-12(11)16-7-3-2-6-14/h4-5,8-9,14-15H,2-3,6-7H2,1H3/t9-/m0/s1. The van der Waals surface area contributed by atoms with Crippen LogP contribution < -0.4 is 4.74 Å². The normalized spacial score (nSPS) is 12.5. The van der Waals surface area contributed by atoms with Crippen LogP contribution in [0, 0.1) is 0 Å². The molecule has 0 saturated carbocycles. The summed E-state index contributed by atoms with van der Waals surface area (Å²) in [6.45, 7) is 2.45. The van der Waals surface area contributed by atoms with Crippen LogP contribution in [0.4, 0.5) is 0 Å². The minimum atomic E-state index is -0.541. The Bertz CT molecular complexity index is 326. The Morgan fingerprint density at radius 3 is 2.75 bits per heavy atom. The lowest BCUT2D eigenvalue weighted by Gasteiger charge is -2.13. The molecule has 1 aromatic rings. The number of aliphatic hydroxyl groups excluding tert-OH is 2. The molecule has 90 valence electrons. The summed E-state index contributed by atoms with van der Waals surface area (Å²) in [6.07, 6.45) is 1.00. The van der Waals surface area contributed by atoms with Gasteiger partial charge in [0.15, 0.2) is 0 Å². The Hall–Kier alpha value is -0.580. The second-order valence-corrected chi connectivity index (χ2v) is 4.55. The fourth-order valence-electron chi connectivity index (χ4n) is 1.37. The minimum absolute atomic E-state index is 0.186. The van der Waals surface area contributed by atoms with E-state index in [9.17, 15) is 5.11 Å². The number of aliphatic hydroxyl groups is 2. The molecule has 1 atom stereocenters. The van der Waals surface area contributed by atoms with Crippen molar-refractivity contribution in [2.45, 2.75) is 25.9 Å². The molecule has 4 heteroatoms. The van der Waals surface area contributed by atoms with Gasteiger partial charge in [0.05, 0.1) is 12.7 Å². The van der Waals surface area contributed by atoms with Gasteiger partial charge in [-0.25, -0.2) is 0 Å². The quantitative estimate of drug-likeness (QED) is 0.792. The van der Waals surface area contributed by atoms with Crippen LogP contribution in [0.15, 0.2) is 22.7 Å². The second kappa shape index (κ2) is 6.89. The summed E-state index contributed by atoms with van der Waals surface area (Å²) in [5.74, 6) is 0.697. The second-order valence-electron chi connectivity index (χ2n) is 3.64. The number of hydrogen-bond acceptors (Lipinski definition) is 3. The molecular weight excluding hydrogens is 272 g/mol. The Labute approximate surface area is 104 Å². The van der Waals surface area contributed by atoms with Gasteiger partial charge in [0.2, 0.25) is 0 Å². The van der Waals surface area contributed by atoms with E-state index in [1.165, 1.54) is 0 Å². The van der Waals surface area contributed by atoms with Gasteiger partial charge in [-0.3, -0.25) is 0 Å². The molecule has 0 amide bonds. The molecule has 0 spiro atoms. The molecule has 0 aliphatic carbocycles. The van der Waals surface area contributed by atoms with Crippen LogP contribution >= 0.6 is 15.9 Å². The molecule has 0 bridgehead atoms. The van der Waals surface area contributed by atoms with Crippen LogP contribution in [0.25, 0.3) is 0 Å².